The van der Waals surface area contributed by atoms with Gasteiger partial charge in [-0.2, -0.15) is 0 Å². The highest BCUT2D eigenvalue weighted by atomic mass is 19.1. The van der Waals surface area contributed by atoms with E-state index >= 15 is 0 Å². The summed E-state index contributed by atoms with van der Waals surface area (Å²) in [4.78, 5) is 11.2. The summed E-state index contributed by atoms with van der Waals surface area (Å²) in [6.45, 7) is 3.36. The van der Waals surface area contributed by atoms with Crippen molar-refractivity contribution in [3.63, 3.8) is 0 Å². The molecule has 0 bridgehead atoms. The number of aliphatic carboxylic acids is 1. The second-order valence-corrected chi connectivity index (χ2v) is 4.84. The summed E-state index contributed by atoms with van der Waals surface area (Å²) in [5, 5.41) is 19.5. The maximum atomic E-state index is 13.1. The van der Waals surface area contributed by atoms with Crippen LogP contribution in [0.5, 0.6) is 0 Å². The van der Waals surface area contributed by atoms with Crippen LogP contribution in [0.15, 0.2) is 24.3 Å². The highest BCUT2D eigenvalue weighted by Crippen LogP contribution is 2.26. The standard InChI is InChI=1S/C14H19FO3/c1-3-5-12(13(16)17)14(2,18)9-10-6-4-7-11(15)8-10/h4,6-8,12,18H,3,5,9H2,1-2H3,(H,16,17). The van der Waals surface area contributed by atoms with Crippen molar-refractivity contribution < 1.29 is 19.4 Å². The summed E-state index contributed by atoms with van der Waals surface area (Å²) in [5.41, 5.74) is -0.780. The molecule has 0 heterocycles. The van der Waals surface area contributed by atoms with Crippen LogP contribution in [0.2, 0.25) is 0 Å². The van der Waals surface area contributed by atoms with Gasteiger partial charge in [0.15, 0.2) is 0 Å². The average Bonchev–Trinajstić information content (AvgIpc) is 2.24. The molecule has 1 aromatic carbocycles. The minimum Gasteiger partial charge on any atom is -0.481 e. The highest BCUT2D eigenvalue weighted by Gasteiger charge is 2.36. The Bertz CT molecular complexity index is 415. The van der Waals surface area contributed by atoms with E-state index in [1.165, 1.54) is 19.1 Å². The largest absolute Gasteiger partial charge is 0.481 e. The molecule has 100 valence electrons. The maximum Gasteiger partial charge on any atom is 0.309 e. The van der Waals surface area contributed by atoms with Gasteiger partial charge < -0.3 is 10.2 Å². The number of hydrogen-bond acceptors (Lipinski definition) is 2. The van der Waals surface area contributed by atoms with Crippen molar-refractivity contribution in [2.75, 3.05) is 0 Å². The Hall–Kier alpha value is -1.42. The Morgan fingerprint density at radius 2 is 2.17 bits per heavy atom. The summed E-state index contributed by atoms with van der Waals surface area (Å²) in [6.07, 6.45) is 1.20. The number of aliphatic hydroxyl groups is 1. The number of carboxylic acid groups (broad SMARTS) is 1. The van der Waals surface area contributed by atoms with Crippen molar-refractivity contribution in [2.45, 2.75) is 38.7 Å². The van der Waals surface area contributed by atoms with Gasteiger partial charge >= 0.3 is 5.97 Å². The van der Waals surface area contributed by atoms with Gasteiger partial charge in [0.25, 0.3) is 0 Å². The Labute approximate surface area is 106 Å². The lowest BCUT2D eigenvalue weighted by molar-refractivity contribution is -0.151. The van der Waals surface area contributed by atoms with Crippen molar-refractivity contribution in [1.82, 2.24) is 0 Å². The molecule has 2 N–H and O–H groups in total. The molecule has 0 saturated heterocycles. The molecule has 0 aliphatic rings. The summed E-state index contributed by atoms with van der Waals surface area (Å²) in [7, 11) is 0. The lowest BCUT2D eigenvalue weighted by Crippen LogP contribution is -2.41. The number of halogens is 1. The van der Waals surface area contributed by atoms with Crippen molar-refractivity contribution in [2.24, 2.45) is 5.92 Å². The summed E-state index contributed by atoms with van der Waals surface area (Å²) in [6, 6.07) is 5.87. The van der Waals surface area contributed by atoms with Crippen LogP contribution in [0.4, 0.5) is 4.39 Å². The van der Waals surface area contributed by atoms with E-state index in [-0.39, 0.29) is 12.2 Å². The van der Waals surface area contributed by atoms with Crippen LogP contribution in [0.25, 0.3) is 0 Å². The van der Waals surface area contributed by atoms with Crippen LogP contribution in [-0.4, -0.2) is 21.8 Å². The third kappa shape index (κ3) is 3.81. The molecule has 3 nitrogen and oxygen atoms in total. The average molecular weight is 254 g/mol. The second kappa shape index (κ2) is 5.96. The van der Waals surface area contributed by atoms with Crippen LogP contribution in [-0.2, 0) is 11.2 Å². The second-order valence-electron chi connectivity index (χ2n) is 4.84. The third-order valence-electron chi connectivity index (χ3n) is 3.08. The van der Waals surface area contributed by atoms with Gasteiger partial charge in [0.2, 0.25) is 0 Å². The van der Waals surface area contributed by atoms with E-state index < -0.39 is 17.5 Å². The fraction of sp³-hybridized carbons (Fsp3) is 0.500. The number of carbonyl (C=O) groups is 1. The van der Waals surface area contributed by atoms with Crippen LogP contribution < -0.4 is 0 Å². The van der Waals surface area contributed by atoms with Gasteiger partial charge in [-0.1, -0.05) is 25.5 Å². The zero-order chi connectivity index (χ0) is 13.8. The first kappa shape index (κ1) is 14.6. The van der Waals surface area contributed by atoms with Crippen LogP contribution in [0, 0.1) is 11.7 Å². The molecule has 0 aliphatic heterocycles. The van der Waals surface area contributed by atoms with Crippen molar-refractivity contribution in [3.05, 3.63) is 35.6 Å². The van der Waals surface area contributed by atoms with Crippen LogP contribution in [0.1, 0.15) is 32.3 Å². The first-order valence-electron chi connectivity index (χ1n) is 6.06. The predicted octanol–water partition coefficient (Wildman–Crippen LogP) is 2.62. The summed E-state index contributed by atoms with van der Waals surface area (Å²) < 4.78 is 13.1. The van der Waals surface area contributed by atoms with Gasteiger partial charge in [-0.05, 0) is 31.0 Å². The number of hydrogen-bond donors (Lipinski definition) is 2. The molecule has 0 aliphatic carbocycles. The van der Waals surface area contributed by atoms with Crippen molar-refractivity contribution in [3.8, 4) is 0 Å². The number of rotatable bonds is 6. The van der Waals surface area contributed by atoms with E-state index in [0.29, 0.717) is 18.4 Å². The maximum absolute atomic E-state index is 13.1. The smallest absolute Gasteiger partial charge is 0.309 e. The van der Waals surface area contributed by atoms with Crippen molar-refractivity contribution in [1.29, 1.82) is 0 Å². The molecular weight excluding hydrogens is 235 g/mol. The minimum atomic E-state index is -1.38. The van der Waals surface area contributed by atoms with E-state index in [1.54, 1.807) is 12.1 Å². The van der Waals surface area contributed by atoms with Gasteiger partial charge in [-0.15, -0.1) is 0 Å². The van der Waals surface area contributed by atoms with Crippen LogP contribution >= 0.6 is 0 Å². The SMILES string of the molecule is CCCC(C(=O)O)C(C)(O)Cc1cccc(F)c1. The Morgan fingerprint density at radius 3 is 2.67 bits per heavy atom. The lowest BCUT2D eigenvalue weighted by atomic mass is 9.81. The lowest BCUT2D eigenvalue weighted by Gasteiger charge is -2.30. The molecule has 4 heteroatoms. The fourth-order valence-electron chi connectivity index (χ4n) is 2.17. The van der Waals surface area contributed by atoms with Gasteiger partial charge in [-0.25, -0.2) is 4.39 Å². The third-order valence-corrected chi connectivity index (χ3v) is 3.08. The Kier molecular flexibility index (Phi) is 4.84. The molecule has 0 amide bonds. The molecule has 18 heavy (non-hydrogen) atoms. The molecule has 1 aromatic rings. The molecular formula is C14H19FO3. The molecule has 0 saturated carbocycles. The fourth-order valence-corrected chi connectivity index (χ4v) is 2.17. The monoisotopic (exact) mass is 254 g/mol. The predicted molar refractivity (Wildman–Crippen MR) is 66.8 cm³/mol. The highest BCUT2D eigenvalue weighted by molar-refractivity contribution is 5.71. The van der Waals surface area contributed by atoms with E-state index in [9.17, 15) is 14.3 Å². The quantitative estimate of drug-likeness (QED) is 0.820. The zero-order valence-electron chi connectivity index (χ0n) is 10.7. The van der Waals surface area contributed by atoms with Crippen LogP contribution in [0.3, 0.4) is 0 Å². The van der Waals surface area contributed by atoms with Gasteiger partial charge in [-0.3, -0.25) is 4.79 Å². The number of benzene rings is 1. The Morgan fingerprint density at radius 1 is 1.50 bits per heavy atom. The summed E-state index contributed by atoms with van der Waals surface area (Å²) >= 11 is 0. The van der Waals surface area contributed by atoms with E-state index in [1.807, 2.05) is 6.92 Å². The van der Waals surface area contributed by atoms with Crippen molar-refractivity contribution >= 4 is 5.97 Å². The first-order chi connectivity index (χ1) is 8.36. The first-order valence-corrected chi connectivity index (χ1v) is 6.06. The minimum absolute atomic E-state index is 0.127. The van der Waals surface area contributed by atoms with Gasteiger partial charge in [0.05, 0.1) is 11.5 Å². The van der Waals surface area contributed by atoms with E-state index in [4.69, 9.17) is 5.11 Å². The van der Waals surface area contributed by atoms with E-state index in [0.717, 1.165) is 0 Å². The Balaban J connectivity index is 2.88. The van der Waals surface area contributed by atoms with Gasteiger partial charge in [0.1, 0.15) is 5.82 Å². The topological polar surface area (TPSA) is 57.5 Å². The molecule has 0 aromatic heterocycles. The molecule has 0 spiro atoms. The van der Waals surface area contributed by atoms with E-state index in [2.05, 4.69) is 0 Å². The zero-order valence-corrected chi connectivity index (χ0v) is 10.7. The molecule has 2 unspecified atom stereocenters. The molecule has 1 rings (SSSR count). The molecule has 0 fully saturated rings. The molecule has 0 radical (unpaired) electrons. The summed E-state index contributed by atoms with van der Waals surface area (Å²) in [5.74, 6) is -2.24. The van der Waals surface area contributed by atoms with Gasteiger partial charge in [0, 0.05) is 6.42 Å². The molecule has 2 atom stereocenters. The normalized spacial score (nSPS) is 16.0. The number of carboxylic acids is 1.